The zero-order valence-corrected chi connectivity index (χ0v) is 12.8. The predicted octanol–water partition coefficient (Wildman–Crippen LogP) is 1.64. The first-order chi connectivity index (χ1) is 8.62. The van der Waals surface area contributed by atoms with Crippen molar-refractivity contribution < 1.29 is 8.42 Å². The maximum Gasteiger partial charge on any atom is 0.241 e. The second-order valence-electron chi connectivity index (χ2n) is 4.29. The maximum absolute atomic E-state index is 12.2. The van der Waals surface area contributed by atoms with Crippen molar-refractivity contribution in [3.8, 4) is 0 Å². The SMILES string of the molecule is CNCc1cc(S(=O)(=O)NC2CCSCC2)cs1. The van der Waals surface area contributed by atoms with Crippen LogP contribution in [0.1, 0.15) is 17.7 Å². The average molecular weight is 306 g/mol. The molecule has 4 nitrogen and oxygen atoms in total. The molecule has 1 aromatic heterocycles. The molecule has 102 valence electrons. The summed E-state index contributed by atoms with van der Waals surface area (Å²) in [6.07, 6.45) is 1.86. The van der Waals surface area contributed by atoms with Crippen LogP contribution in [0.5, 0.6) is 0 Å². The van der Waals surface area contributed by atoms with Crippen LogP contribution in [0.4, 0.5) is 0 Å². The van der Waals surface area contributed by atoms with Crippen molar-refractivity contribution in [1.29, 1.82) is 0 Å². The minimum Gasteiger partial charge on any atom is -0.315 e. The lowest BCUT2D eigenvalue weighted by Crippen LogP contribution is -2.37. The number of thiophene rings is 1. The Labute approximate surface area is 117 Å². The number of rotatable bonds is 5. The summed E-state index contributed by atoms with van der Waals surface area (Å²) in [4.78, 5) is 1.44. The molecule has 1 aromatic rings. The highest BCUT2D eigenvalue weighted by atomic mass is 32.2. The van der Waals surface area contributed by atoms with Gasteiger partial charge in [0.15, 0.2) is 0 Å². The van der Waals surface area contributed by atoms with E-state index in [2.05, 4.69) is 10.0 Å². The number of hydrogen-bond donors (Lipinski definition) is 2. The fourth-order valence-corrected chi connectivity index (χ4v) is 5.57. The predicted molar refractivity (Wildman–Crippen MR) is 77.8 cm³/mol. The van der Waals surface area contributed by atoms with Crippen molar-refractivity contribution in [2.45, 2.75) is 30.3 Å². The summed E-state index contributed by atoms with van der Waals surface area (Å²) in [5.41, 5.74) is 0. The molecular formula is C11H18N2O2S3. The van der Waals surface area contributed by atoms with E-state index in [0.717, 1.165) is 29.2 Å². The minimum absolute atomic E-state index is 0.101. The molecule has 1 fully saturated rings. The van der Waals surface area contributed by atoms with Crippen LogP contribution in [0, 0.1) is 0 Å². The summed E-state index contributed by atoms with van der Waals surface area (Å²) >= 11 is 3.37. The quantitative estimate of drug-likeness (QED) is 0.868. The van der Waals surface area contributed by atoms with Gasteiger partial charge in [-0.3, -0.25) is 0 Å². The monoisotopic (exact) mass is 306 g/mol. The highest BCUT2D eigenvalue weighted by Gasteiger charge is 2.22. The Morgan fingerprint density at radius 3 is 2.78 bits per heavy atom. The minimum atomic E-state index is -3.33. The van der Waals surface area contributed by atoms with Gasteiger partial charge in [0.1, 0.15) is 0 Å². The van der Waals surface area contributed by atoms with Crippen molar-refractivity contribution in [3.63, 3.8) is 0 Å². The number of sulfonamides is 1. The van der Waals surface area contributed by atoms with E-state index in [9.17, 15) is 8.42 Å². The van der Waals surface area contributed by atoms with Crippen LogP contribution in [-0.2, 0) is 16.6 Å². The molecule has 7 heteroatoms. The van der Waals surface area contributed by atoms with Crippen LogP contribution in [0.3, 0.4) is 0 Å². The lowest BCUT2D eigenvalue weighted by atomic mass is 10.2. The van der Waals surface area contributed by atoms with Gasteiger partial charge in [-0.25, -0.2) is 13.1 Å². The normalized spacial score (nSPS) is 18.1. The topological polar surface area (TPSA) is 58.2 Å². The molecule has 2 rings (SSSR count). The maximum atomic E-state index is 12.2. The van der Waals surface area contributed by atoms with Crippen LogP contribution in [0.2, 0.25) is 0 Å². The van der Waals surface area contributed by atoms with Crippen LogP contribution in [0.15, 0.2) is 16.3 Å². The molecule has 1 aliphatic rings. The van der Waals surface area contributed by atoms with Gasteiger partial charge in [0.25, 0.3) is 0 Å². The highest BCUT2D eigenvalue weighted by molar-refractivity contribution is 7.99. The molecule has 1 saturated heterocycles. The largest absolute Gasteiger partial charge is 0.315 e. The summed E-state index contributed by atoms with van der Waals surface area (Å²) in [5, 5.41) is 4.74. The molecule has 1 aliphatic heterocycles. The third-order valence-corrected chi connectivity index (χ3v) is 6.47. The molecule has 0 saturated carbocycles. The zero-order valence-electron chi connectivity index (χ0n) is 10.3. The molecule has 0 aliphatic carbocycles. The Bertz CT molecular complexity index is 478. The van der Waals surface area contributed by atoms with Crippen molar-refractivity contribution >= 4 is 33.1 Å². The molecular weight excluding hydrogens is 288 g/mol. The van der Waals surface area contributed by atoms with E-state index in [1.165, 1.54) is 11.3 Å². The first-order valence-electron chi connectivity index (χ1n) is 5.94. The summed E-state index contributed by atoms with van der Waals surface area (Å²) in [5.74, 6) is 2.09. The van der Waals surface area contributed by atoms with Gasteiger partial charge in [-0.1, -0.05) is 0 Å². The third kappa shape index (κ3) is 3.71. The Morgan fingerprint density at radius 2 is 2.11 bits per heavy atom. The Balaban J connectivity index is 2.04. The second-order valence-corrected chi connectivity index (χ2v) is 8.22. The molecule has 18 heavy (non-hydrogen) atoms. The fourth-order valence-electron chi connectivity index (χ4n) is 1.87. The Kier molecular flexibility index (Phi) is 5.08. The summed E-state index contributed by atoms with van der Waals surface area (Å²) in [6.45, 7) is 0.709. The lowest BCUT2D eigenvalue weighted by molar-refractivity contribution is 0.529. The molecule has 2 heterocycles. The summed E-state index contributed by atoms with van der Waals surface area (Å²) in [6, 6.07) is 1.85. The Hall–Kier alpha value is -0.0800. The van der Waals surface area contributed by atoms with Gasteiger partial charge in [0.2, 0.25) is 10.0 Å². The van der Waals surface area contributed by atoms with Gasteiger partial charge in [0, 0.05) is 22.8 Å². The van der Waals surface area contributed by atoms with Gasteiger partial charge >= 0.3 is 0 Å². The first kappa shape index (κ1) is 14.3. The average Bonchev–Trinajstić information content (AvgIpc) is 2.80. The van der Waals surface area contributed by atoms with E-state index >= 15 is 0 Å². The van der Waals surface area contributed by atoms with Gasteiger partial charge in [-0.05, 0) is 37.5 Å². The van der Waals surface area contributed by atoms with E-state index in [4.69, 9.17) is 0 Å². The van der Waals surface area contributed by atoms with E-state index < -0.39 is 10.0 Å². The van der Waals surface area contributed by atoms with E-state index in [1.54, 1.807) is 11.4 Å². The van der Waals surface area contributed by atoms with Crippen LogP contribution in [-0.4, -0.2) is 33.0 Å². The van der Waals surface area contributed by atoms with Crippen molar-refractivity contribution in [3.05, 3.63) is 16.3 Å². The molecule has 0 unspecified atom stereocenters. The van der Waals surface area contributed by atoms with Crippen molar-refractivity contribution in [2.24, 2.45) is 0 Å². The smallest absolute Gasteiger partial charge is 0.241 e. The second kappa shape index (κ2) is 6.38. The molecule has 0 radical (unpaired) electrons. The first-order valence-corrected chi connectivity index (χ1v) is 9.45. The van der Waals surface area contributed by atoms with Crippen LogP contribution in [0.25, 0.3) is 0 Å². The Morgan fingerprint density at radius 1 is 1.39 bits per heavy atom. The molecule has 2 N–H and O–H groups in total. The fraction of sp³-hybridized carbons (Fsp3) is 0.636. The van der Waals surface area contributed by atoms with Gasteiger partial charge < -0.3 is 5.32 Å². The summed E-state index contributed by atoms with van der Waals surface area (Å²) < 4.78 is 27.2. The van der Waals surface area contributed by atoms with Crippen LogP contribution < -0.4 is 10.0 Å². The molecule has 0 amide bonds. The van der Waals surface area contributed by atoms with E-state index in [1.807, 2.05) is 18.8 Å². The van der Waals surface area contributed by atoms with E-state index in [0.29, 0.717) is 11.4 Å². The number of hydrogen-bond acceptors (Lipinski definition) is 5. The molecule has 0 aromatic carbocycles. The zero-order chi connectivity index (χ0) is 13.0. The van der Waals surface area contributed by atoms with Gasteiger partial charge in [-0.2, -0.15) is 11.8 Å². The lowest BCUT2D eigenvalue weighted by Gasteiger charge is -2.21. The summed E-state index contributed by atoms with van der Waals surface area (Å²) in [7, 11) is -1.48. The molecule has 0 spiro atoms. The van der Waals surface area contributed by atoms with Gasteiger partial charge in [0.05, 0.1) is 4.90 Å². The highest BCUT2D eigenvalue weighted by Crippen LogP contribution is 2.22. The third-order valence-electron chi connectivity index (χ3n) is 2.83. The standard InChI is InChI=1S/C11H18N2O2S3/c1-12-7-10-6-11(8-17-10)18(14,15)13-9-2-4-16-5-3-9/h6,8-9,12-13H,2-5,7H2,1H3. The molecule has 0 atom stereocenters. The van der Waals surface area contributed by atoms with Crippen molar-refractivity contribution in [2.75, 3.05) is 18.6 Å². The molecule has 0 bridgehead atoms. The number of nitrogens with one attached hydrogen (secondary N) is 2. The van der Waals surface area contributed by atoms with Crippen molar-refractivity contribution in [1.82, 2.24) is 10.0 Å². The van der Waals surface area contributed by atoms with Crippen LogP contribution >= 0.6 is 23.1 Å². The van der Waals surface area contributed by atoms with Gasteiger partial charge in [-0.15, -0.1) is 11.3 Å². The number of thioether (sulfide) groups is 1. The van der Waals surface area contributed by atoms with E-state index in [-0.39, 0.29) is 6.04 Å².